The Morgan fingerprint density at radius 3 is 2.36 bits per heavy atom. The van der Waals surface area contributed by atoms with Crippen LogP contribution >= 0.6 is 11.6 Å². The highest BCUT2D eigenvalue weighted by Gasteiger charge is 2.16. The van der Waals surface area contributed by atoms with Gasteiger partial charge in [-0.25, -0.2) is 4.98 Å². The fourth-order valence-electron chi connectivity index (χ4n) is 3.02. The Balaban J connectivity index is 2.02. The van der Waals surface area contributed by atoms with Gasteiger partial charge in [0.2, 0.25) is 0 Å². The van der Waals surface area contributed by atoms with Gasteiger partial charge in [-0.05, 0) is 36.2 Å². The Morgan fingerprint density at radius 2 is 1.68 bits per heavy atom. The maximum Gasteiger partial charge on any atom is 0.153 e. The van der Waals surface area contributed by atoms with Crippen LogP contribution in [-0.2, 0) is 0 Å². The van der Waals surface area contributed by atoms with Gasteiger partial charge in [0.1, 0.15) is 0 Å². The number of aryl methyl sites for hydroxylation is 1. The summed E-state index contributed by atoms with van der Waals surface area (Å²) in [7, 11) is 0. The summed E-state index contributed by atoms with van der Waals surface area (Å²) >= 11 is 6.32. The molecule has 0 aliphatic rings. The summed E-state index contributed by atoms with van der Waals surface area (Å²) < 4.78 is 2.06. The quantitative estimate of drug-likeness (QED) is 0.482. The van der Waals surface area contributed by atoms with Crippen molar-refractivity contribution in [2.24, 2.45) is 0 Å². The summed E-state index contributed by atoms with van der Waals surface area (Å²) in [5.74, 6) is 0. The molecule has 0 N–H and O–H groups in total. The second-order valence-corrected chi connectivity index (χ2v) is 6.29. The first kappa shape index (κ1) is 15.4. The molecule has 0 fully saturated rings. The maximum absolute atomic E-state index is 9.03. The minimum absolute atomic E-state index is 0.468. The molecular weight excluding hydrogens is 330 g/mol. The van der Waals surface area contributed by atoms with E-state index < -0.39 is 0 Å². The number of fused-ring (bicyclic) bond motifs is 1. The van der Waals surface area contributed by atoms with E-state index in [0.29, 0.717) is 10.7 Å². The molecule has 2 aromatic heterocycles. The van der Waals surface area contributed by atoms with Crippen molar-refractivity contribution in [3.05, 3.63) is 83.3 Å². The molecule has 0 spiro atoms. The Morgan fingerprint density at radius 1 is 1.00 bits per heavy atom. The number of aromatic nitrogens is 2. The molecule has 0 saturated heterocycles. The largest absolute Gasteiger partial charge is 0.312 e. The van der Waals surface area contributed by atoms with Gasteiger partial charge in [-0.2, -0.15) is 5.26 Å². The van der Waals surface area contributed by atoms with Crippen molar-refractivity contribution >= 4 is 17.1 Å². The van der Waals surface area contributed by atoms with E-state index in [1.807, 2.05) is 36.5 Å². The lowest BCUT2D eigenvalue weighted by molar-refractivity contribution is 1.15. The molecule has 0 bridgehead atoms. The van der Waals surface area contributed by atoms with Crippen LogP contribution in [0, 0.1) is 18.3 Å². The van der Waals surface area contributed by atoms with Crippen LogP contribution in [0.1, 0.15) is 11.1 Å². The molecule has 0 amide bonds. The van der Waals surface area contributed by atoms with E-state index in [2.05, 4.69) is 46.6 Å². The fraction of sp³-hybridized carbons (Fsp3) is 0.0476. The predicted molar refractivity (Wildman–Crippen MR) is 101 cm³/mol. The average Bonchev–Trinajstić information content (AvgIpc) is 3.03. The van der Waals surface area contributed by atoms with Gasteiger partial charge in [0.15, 0.2) is 5.15 Å². The van der Waals surface area contributed by atoms with Crippen molar-refractivity contribution in [2.75, 3.05) is 0 Å². The Kier molecular flexibility index (Phi) is 3.76. The highest BCUT2D eigenvalue weighted by atomic mass is 35.5. The molecule has 0 saturated carbocycles. The van der Waals surface area contributed by atoms with Crippen LogP contribution in [0.15, 0.2) is 67.0 Å². The summed E-state index contributed by atoms with van der Waals surface area (Å²) in [6.45, 7) is 2.07. The molecule has 2 aromatic carbocycles. The van der Waals surface area contributed by atoms with Crippen molar-refractivity contribution in [1.82, 2.24) is 9.38 Å². The molecule has 0 aliphatic carbocycles. The minimum Gasteiger partial charge on any atom is -0.312 e. The van der Waals surface area contributed by atoms with Crippen LogP contribution in [0.25, 0.3) is 27.9 Å². The third-order valence-electron chi connectivity index (χ3n) is 4.30. The third-order valence-corrected chi connectivity index (χ3v) is 4.59. The molecule has 3 nitrogen and oxygen atoms in total. The molecule has 120 valence electrons. The minimum atomic E-state index is 0.468. The smallest absolute Gasteiger partial charge is 0.153 e. The van der Waals surface area contributed by atoms with Gasteiger partial charge in [0.05, 0.1) is 22.8 Å². The van der Waals surface area contributed by atoms with Crippen molar-refractivity contribution < 1.29 is 0 Å². The summed E-state index contributed by atoms with van der Waals surface area (Å²) in [4.78, 5) is 4.19. The third kappa shape index (κ3) is 2.67. The molecule has 0 atom stereocenters. The molecular formula is C21H14ClN3. The molecule has 2 heterocycles. The zero-order valence-corrected chi connectivity index (χ0v) is 14.3. The topological polar surface area (TPSA) is 41.1 Å². The lowest BCUT2D eigenvalue weighted by Gasteiger charge is -2.08. The molecule has 25 heavy (non-hydrogen) atoms. The van der Waals surface area contributed by atoms with Gasteiger partial charge in [-0.3, -0.25) is 0 Å². The summed E-state index contributed by atoms with van der Waals surface area (Å²) in [6, 6.07) is 20.2. The van der Waals surface area contributed by atoms with Crippen LogP contribution in [0.3, 0.4) is 0 Å². The number of hydrogen-bond acceptors (Lipinski definition) is 2. The molecule has 4 aromatic rings. The zero-order chi connectivity index (χ0) is 17.4. The Hall–Kier alpha value is -3.09. The van der Waals surface area contributed by atoms with Crippen LogP contribution in [0.5, 0.6) is 0 Å². The average molecular weight is 344 g/mol. The number of halogens is 1. The molecule has 4 heteroatoms. The standard InChI is InChI=1S/C21H14ClN3/c1-14-2-6-17(7-3-14)20-18(16-8-4-15(13-23)5-9-16)12-19-21(22)24-10-11-25(19)20/h2-12H,1H3. The maximum atomic E-state index is 9.03. The highest BCUT2D eigenvalue weighted by molar-refractivity contribution is 6.32. The Bertz CT molecular complexity index is 1100. The molecule has 0 unspecified atom stereocenters. The van der Waals surface area contributed by atoms with E-state index in [1.54, 1.807) is 6.20 Å². The van der Waals surface area contributed by atoms with E-state index in [9.17, 15) is 0 Å². The SMILES string of the molecule is Cc1ccc(-c2c(-c3ccc(C#N)cc3)cc3c(Cl)nccn23)cc1. The normalized spacial score (nSPS) is 10.8. The number of nitriles is 1. The highest BCUT2D eigenvalue weighted by Crippen LogP contribution is 2.36. The van der Waals surface area contributed by atoms with Crippen LogP contribution in [0.4, 0.5) is 0 Å². The Labute approximate surface area is 150 Å². The van der Waals surface area contributed by atoms with Gasteiger partial charge >= 0.3 is 0 Å². The second kappa shape index (κ2) is 6.08. The van der Waals surface area contributed by atoms with E-state index in [4.69, 9.17) is 16.9 Å². The first-order chi connectivity index (χ1) is 12.2. The van der Waals surface area contributed by atoms with Crippen molar-refractivity contribution in [3.8, 4) is 28.5 Å². The number of nitrogens with zero attached hydrogens (tertiary/aromatic N) is 3. The van der Waals surface area contributed by atoms with Gasteiger partial charge in [-0.1, -0.05) is 53.6 Å². The monoisotopic (exact) mass is 343 g/mol. The van der Waals surface area contributed by atoms with Crippen molar-refractivity contribution in [3.63, 3.8) is 0 Å². The van der Waals surface area contributed by atoms with Crippen LogP contribution in [-0.4, -0.2) is 9.38 Å². The lowest BCUT2D eigenvalue weighted by Crippen LogP contribution is -1.91. The van der Waals surface area contributed by atoms with Crippen molar-refractivity contribution in [1.29, 1.82) is 5.26 Å². The lowest BCUT2D eigenvalue weighted by atomic mass is 10.00. The molecule has 4 rings (SSSR count). The summed E-state index contributed by atoms with van der Waals surface area (Å²) in [6.07, 6.45) is 3.62. The first-order valence-corrected chi connectivity index (χ1v) is 8.28. The van der Waals surface area contributed by atoms with E-state index in [1.165, 1.54) is 5.56 Å². The van der Waals surface area contributed by atoms with Gasteiger partial charge in [0, 0.05) is 18.0 Å². The predicted octanol–water partition coefficient (Wildman–Crippen LogP) is 5.50. The van der Waals surface area contributed by atoms with E-state index >= 15 is 0 Å². The van der Waals surface area contributed by atoms with E-state index in [0.717, 1.165) is 27.9 Å². The van der Waals surface area contributed by atoms with Crippen LogP contribution < -0.4 is 0 Å². The molecule has 0 aliphatic heterocycles. The summed E-state index contributed by atoms with van der Waals surface area (Å²) in [5.41, 5.74) is 6.97. The number of rotatable bonds is 2. The number of hydrogen-bond donors (Lipinski definition) is 0. The van der Waals surface area contributed by atoms with Gasteiger partial charge < -0.3 is 4.40 Å². The van der Waals surface area contributed by atoms with E-state index in [-0.39, 0.29) is 0 Å². The fourth-order valence-corrected chi connectivity index (χ4v) is 3.22. The van der Waals surface area contributed by atoms with Crippen molar-refractivity contribution in [2.45, 2.75) is 6.92 Å². The van der Waals surface area contributed by atoms with Crippen LogP contribution in [0.2, 0.25) is 5.15 Å². The first-order valence-electron chi connectivity index (χ1n) is 7.90. The summed E-state index contributed by atoms with van der Waals surface area (Å²) in [5, 5.41) is 9.50. The molecule has 0 radical (unpaired) electrons. The van der Waals surface area contributed by atoms with Gasteiger partial charge in [-0.15, -0.1) is 0 Å². The second-order valence-electron chi connectivity index (χ2n) is 5.94. The zero-order valence-electron chi connectivity index (χ0n) is 13.6. The van der Waals surface area contributed by atoms with Gasteiger partial charge in [0.25, 0.3) is 0 Å². The number of benzene rings is 2.